The SMILES string of the molecule is CCN(CCC(=O)N1CCNCC1)CC(O)c1ccc(C)cc1.Cl. The minimum absolute atomic E-state index is 0. The number of benzene rings is 1. The maximum Gasteiger partial charge on any atom is 0.223 e. The fraction of sp³-hybridized carbons (Fsp3) is 0.611. The van der Waals surface area contributed by atoms with Crippen molar-refractivity contribution in [2.45, 2.75) is 26.4 Å². The van der Waals surface area contributed by atoms with E-state index in [1.165, 1.54) is 5.56 Å². The molecule has 1 fully saturated rings. The zero-order valence-electron chi connectivity index (χ0n) is 14.7. The molecule has 1 aromatic rings. The number of nitrogens with zero attached hydrogens (tertiary/aromatic N) is 2. The molecule has 0 spiro atoms. The number of carbonyl (C=O) groups is 1. The van der Waals surface area contributed by atoms with Gasteiger partial charge in [0.1, 0.15) is 0 Å². The van der Waals surface area contributed by atoms with Gasteiger partial charge in [-0.15, -0.1) is 12.4 Å². The van der Waals surface area contributed by atoms with Gasteiger partial charge in [0, 0.05) is 45.7 Å². The Morgan fingerprint density at radius 2 is 1.92 bits per heavy atom. The third kappa shape index (κ3) is 6.40. The maximum absolute atomic E-state index is 12.2. The lowest BCUT2D eigenvalue weighted by Crippen LogP contribution is -2.47. The quantitative estimate of drug-likeness (QED) is 0.780. The molecule has 1 aromatic carbocycles. The smallest absolute Gasteiger partial charge is 0.223 e. The molecule has 1 atom stereocenters. The third-order valence-electron chi connectivity index (χ3n) is 4.45. The van der Waals surface area contributed by atoms with Crippen molar-refractivity contribution >= 4 is 18.3 Å². The average molecular weight is 356 g/mol. The largest absolute Gasteiger partial charge is 0.387 e. The molecule has 2 N–H and O–H groups in total. The van der Waals surface area contributed by atoms with E-state index in [4.69, 9.17) is 0 Å². The molecule has 0 radical (unpaired) electrons. The van der Waals surface area contributed by atoms with Gasteiger partial charge < -0.3 is 20.2 Å². The second-order valence-electron chi connectivity index (χ2n) is 6.20. The summed E-state index contributed by atoms with van der Waals surface area (Å²) in [7, 11) is 0. The van der Waals surface area contributed by atoms with Crippen LogP contribution in [0.4, 0.5) is 0 Å². The Morgan fingerprint density at radius 1 is 1.29 bits per heavy atom. The van der Waals surface area contributed by atoms with Gasteiger partial charge in [-0.3, -0.25) is 4.79 Å². The van der Waals surface area contributed by atoms with E-state index in [1.54, 1.807) is 0 Å². The predicted octanol–water partition coefficient (Wildman–Crippen LogP) is 1.59. The molecule has 136 valence electrons. The third-order valence-corrected chi connectivity index (χ3v) is 4.45. The van der Waals surface area contributed by atoms with Crippen LogP contribution in [0.15, 0.2) is 24.3 Å². The van der Waals surface area contributed by atoms with Crippen molar-refractivity contribution in [3.05, 3.63) is 35.4 Å². The van der Waals surface area contributed by atoms with E-state index in [0.29, 0.717) is 19.5 Å². The van der Waals surface area contributed by atoms with Crippen LogP contribution in [0.25, 0.3) is 0 Å². The molecular formula is C18H30ClN3O2. The van der Waals surface area contributed by atoms with Crippen molar-refractivity contribution in [1.82, 2.24) is 15.1 Å². The highest BCUT2D eigenvalue weighted by Gasteiger charge is 2.18. The van der Waals surface area contributed by atoms with Gasteiger partial charge in [0.25, 0.3) is 0 Å². The highest BCUT2D eigenvalue weighted by molar-refractivity contribution is 5.85. The Balaban J connectivity index is 0.00000288. The normalized spacial score (nSPS) is 15.9. The summed E-state index contributed by atoms with van der Waals surface area (Å²) < 4.78 is 0. The lowest BCUT2D eigenvalue weighted by Gasteiger charge is -2.29. The van der Waals surface area contributed by atoms with Crippen molar-refractivity contribution in [1.29, 1.82) is 0 Å². The fourth-order valence-electron chi connectivity index (χ4n) is 2.84. The fourth-order valence-corrected chi connectivity index (χ4v) is 2.84. The van der Waals surface area contributed by atoms with Gasteiger partial charge in [0.05, 0.1) is 6.10 Å². The van der Waals surface area contributed by atoms with E-state index >= 15 is 0 Å². The molecule has 5 nitrogen and oxygen atoms in total. The van der Waals surface area contributed by atoms with Gasteiger partial charge in [0.15, 0.2) is 0 Å². The summed E-state index contributed by atoms with van der Waals surface area (Å²) in [4.78, 5) is 16.3. The zero-order valence-corrected chi connectivity index (χ0v) is 15.5. The molecule has 0 bridgehead atoms. The number of hydrogen-bond donors (Lipinski definition) is 2. The monoisotopic (exact) mass is 355 g/mol. The number of carbonyl (C=O) groups excluding carboxylic acids is 1. The van der Waals surface area contributed by atoms with E-state index in [0.717, 1.165) is 38.3 Å². The number of amides is 1. The standard InChI is InChI=1S/C18H29N3O2.ClH/c1-3-20(11-8-18(23)21-12-9-19-10-13-21)14-17(22)16-6-4-15(2)5-7-16;/h4-7,17,19,22H,3,8-14H2,1-2H3;1H. The summed E-state index contributed by atoms with van der Waals surface area (Å²) in [6, 6.07) is 7.98. The summed E-state index contributed by atoms with van der Waals surface area (Å²) in [6.45, 7) is 9.57. The lowest BCUT2D eigenvalue weighted by atomic mass is 10.1. The molecule has 1 aliphatic rings. The predicted molar refractivity (Wildman–Crippen MR) is 99.6 cm³/mol. The number of aryl methyl sites for hydroxylation is 1. The van der Waals surface area contributed by atoms with E-state index in [9.17, 15) is 9.90 Å². The number of likely N-dealkylation sites (N-methyl/N-ethyl adjacent to an activating group) is 1. The molecule has 6 heteroatoms. The van der Waals surface area contributed by atoms with Gasteiger partial charge in [-0.25, -0.2) is 0 Å². The highest BCUT2D eigenvalue weighted by Crippen LogP contribution is 2.15. The zero-order chi connectivity index (χ0) is 16.7. The molecule has 2 rings (SSSR count). The number of nitrogens with one attached hydrogen (secondary N) is 1. The van der Waals surface area contributed by atoms with Crippen LogP contribution in [0.5, 0.6) is 0 Å². The maximum atomic E-state index is 12.2. The summed E-state index contributed by atoms with van der Waals surface area (Å²) in [5.74, 6) is 0.217. The second kappa shape index (κ2) is 10.7. The topological polar surface area (TPSA) is 55.8 Å². The minimum atomic E-state index is -0.509. The first-order valence-electron chi connectivity index (χ1n) is 8.55. The van der Waals surface area contributed by atoms with Crippen molar-refractivity contribution < 1.29 is 9.90 Å². The first kappa shape index (κ1) is 20.9. The van der Waals surface area contributed by atoms with Crippen LogP contribution in [-0.4, -0.2) is 66.6 Å². The first-order valence-corrected chi connectivity index (χ1v) is 8.55. The van der Waals surface area contributed by atoms with Crippen LogP contribution in [0.3, 0.4) is 0 Å². The molecule has 0 aromatic heterocycles. The Morgan fingerprint density at radius 3 is 2.50 bits per heavy atom. The van der Waals surface area contributed by atoms with Crippen molar-refractivity contribution in [2.24, 2.45) is 0 Å². The van der Waals surface area contributed by atoms with Gasteiger partial charge in [-0.05, 0) is 19.0 Å². The average Bonchev–Trinajstić information content (AvgIpc) is 2.59. The number of aliphatic hydroxyl groups excluding tert-OH is 1. The number of piperazine rings is 1. The Hall–Kier alpha value is -1.14. The van der Waals surface area contributed by atoms with Crippen molar-refractivity contribution in [3.8, 4) is 0 Å². The van der Waals surface area contributed by atoms with Crippen LogP contribution in [0, 0.1) is 6.92 Å². The van der Waals surface area contributed by atoms with Gasteiger partial charge in [-0.1, -0.05) is 36.8 Å². The number of hydrogen-bond acceptors (Lipinski definition) is 4. The van der Waals surface area contributed by atoms with Crippen molar-refractivity contribution in [3.63, 3.8) is 0 Å². The molecule has 0 saturated carbocycles. The molecule has 1 aliphatic heterocycles. The van der Waals surface area contributed by atoms with Gasteiger partial charge in [0.2, 0.25) is 5.91 Å². The number of halogens is 1. The van der Waals surface area contributed by atoms with Crippen LogP contribution >= 0.6 is 12.4 Å². The molecule has 1 unspecified atom stereocenters. The van der Waals surface area contributed by atoms with Crippen LogP contribution in [-0.2, 0) is 4.79 Å². The highest BCUT2D eigenvalue weighted by atomic mass is 35.5. The number of aliphatic hydroxyl groups is 1. The molecular weight excluding hydrogens is 326 g/mol. The van der Waals surface area contributed by atoms with Crippen LogP contribution < -0.4 is 5.32 Å². The summed E-state index contributed by atoms with van der Waals surface area (Å²) >= 11 is 0. The van der Waals surface area contributed by atoms with Gasteiger partial charge in [-0.2, -0.15) is 0 Å². The number of rotatable bonds is 7. The summed E-state index contributed by atoms with van der Waals surface area (Å²) in [5, 5.41) is 13.6. The Labute approximate surface area is 151 Å². The second-order valence-corrected chi connectivity index (χ2v) is 6.20. The molecule has 1 saturated heterocycles. The summed E-state index contributed by atoms with van der Waals surface area (Å²) in [6.07, 6.45) is 0.0129. The minimum Gasteiger partial charge on any atom is -0.387 e. The Bertz CT molecular complexity index is 490. The van der Waals surface area contributed by atoms with Crippen LogP contribution in [0.1, 0.15) is 30.6 Å². The van der Waals surface area contributed by atoms with Crippen molar-refractivity contribution in [2.75, 3.05) is 45.8 Å². The molecule has 0 aliphatic carbocycles. The van der Waals surface area contributed by atoms with E-state index in [-0.39, 0.29) is 18.3 Å². The van der Waals surface area contributed by atoms with E-state index in [2.05, 4.69) is 17.1 Å². The van der Waals surface area contributed by atoms with Crippen LogP contribution in [0.2, 0.25) is 0 Å². The molecule has 24 heavy (non-hydrogen) atoms. The Kier molecular flexibility index (Phi) is 9.29. The lowest BCUT2D eigenvalue weighted by molar-refractivity contribution is -0.132. The molecule has 1 amide bonds. The summed E-state index contributed by atoms with van der Waals surface area (Å²) in [5.41, 5.74) is 2.12. The van der Waals surface area contributed by atoms with E-state index < -0.39 is 6.10 Å². The first-order chi connectivity index (χ1) is 11.1. The molecule has 1 heterocycles. The van der Waals surface area contributed by atoms with Gasteiger partial charge >= 0.3 is 0 Å². The van der Waals surface area contributed by atoms with E-state index in [1.807, 2.05) is 36.1 Å².